The predicted molar refractivity (Wildman–Crippen MR) is 64.9 cm³/mol. The summed E-state index contributed by atoms with van der Waals surface area (Å²) in [5.41, 5.74) is 0. The van der Waals surface area contributed by atoms with Crippen molar-refractivity contribution in [3.8, 4) is 0 Å². The highest BCUT2D eigenvalue weighted by atomic mass is 28.4. The van der Waals surface area contributed by atoms with Gasteiger partial charge in [0.05, 0.1) is 0 Å². The molecular formula is C11H26O3Si. The molecule has 0 unspecified atom stereocenters. The minimum Gasteiger partial charge on any atom is -0.377 e. The molecule has 0 heterocycles. The zero-order valence-electron chi connectivity index (χ0n) is 11.2. The minimum atomic E-state index is -2.55. The van der Waals surface area contributed by atoms with E-state index in [9.17, 15) is 0 Å². The van der Waals surface area contributed by atoms with Gasteiger partial charge in [0, 0.05) is 26.4 Å². The molecule has 0 saturated heterocycles. The molecule has 0 rings (SSSR count). The molecule has 3 nitrogen and oxygen atoms in total. The smallest absolute Gasteiger partial charge is 0.377 e. The first kappa shape index (κ1) is 15.1. The molecule has 0 amide bonds. The first-order valence-corrected chi connectivity index (χ1v) is 7.33. The van der Waals surface area contributed by atoms with Crippen LogP contribution in [0.5, 0.6) is 0 Å². The first-order valence-electron chi connectivity index (χ1n) is 5.61. The van der Waals surface area contributed by atoms with Crippen molar-refractivity contribution in [1.29, 1.82) is 0 Å². The Morgan fingerprint density at radius 2 is 1.27 bits per heavy atom. The highest BCUT2D eigenvalue weighted by molar-refractivity contribution is 6.64. The molecule has 0 aliphatic rings. The lowest BCUT2D eigenvalue weighted by Gasteiger charge is -2.43. The topological polar surface area (TPSA) is 27.7 Å². The molecule has 0 aliphatic carbocycles. The summed E-state index contributed by atoms with van der Waals surface area (Å²) in [5, 5.41) is -0.0469. The Bertz CT molecular complexity index is 166. The van der Waals surface area contributed by atoms with Crippen LogP contribution in [0.4, 0.5) is 0 Å². The van der Waals surface area contributed by atoms with Crippen molar-refractivity contribution in [3.05, 3.63) is 0 Å². The van der Waals surface area contributed by atoms with E-state index in [1.54, 1.807) is 21.3 Å². The van der Waals surface area contributed by atoms with Gasteiger partial charge in [-0.1, -0.05) is 40.5 Å². The Morgan fingerprint density at radius 3 is 1.47 bits per heavy atom. The van der Waals surface area contributed by atoms with Crippen LogP contribution < -0.4 is 0 Å². The largest absolute Gasteiger partial charge is 0.506 e. The Morgan fingerprint density at radius 1 is 0.933 bits per heavy atom. The molecule has 0 spiro atoms. The highest BCUT2D eigenvalue weighted by Crippen LogP contribution is 2.48. The summed E-state index contributed by atoms with van der Waals surface area (Å²) in [7, 11) is 2.50. The monoisotopic (exact) mass is 234 g/mol. The fourth-order valence-electron chi connectivity index (χ4n) is 2.60. The van der Waals surface area contributed by atoms with Crippen molar-refractivity contribution < 1.29 is 13.3 Å². The Kier molecular flexibility index (Phi) is 6.03. The predicted octanol–water partition coefficient (Wildman–Crippen LogP) is 3.08. The van der Waals surface area contributed by atoms with Gasteiger partial charge in [-0.25, -0.2) is 0 Å². The zero-order chi connectivity index (χ0) is 12.1. The van der Waals surface area contributed by atoms with Crippen molar-refractivity contribution in [2.75, 3.05) is 21.3 Å². The summed E-state index contributed by atoms with van der Waals surface area (Å²) in [6.45, 7) is 8.78. The molecule has 15 heavy (non-hydrogen) atoms. The summed E-state index contributed by atoms with van der Waals surface area (Å²) < 4.78 is 16.7. The van der Waals surface area contributed by atoms with E-state index < -0.39 is 8.80 Å². The molecule has 0 bridgehead atoms. The van der Waals surface area contributed by atoms with Crippen molar-refractivity contribution >= 4 is 8.80 Å². The fourth-order valence-corrected chi connectivity index (χ4v) is 5.58. The Hall–Kier alpha value is 0.0969. The molecule has 0 aromatic rings. The number of rotatable bonds is 7. The van der Waals surface area contributed by atoms with Crippen LogP contribution in [0.2, 0.25) is 5.04 Å². The van der Waals surface area contributed by atoms with Crippen LogP contribution >= 0.6 is 0 Å². The van der Waals surface area contributed by atoms with Crippen molar-refractivity contribution in [2.45, 2.75) is 45.6 Å². The third kappa shape index (κ3) is 2.61. The average molecular weight is 234 g/mol. The quantitative estimate of drug-likeness (QED) is 0.634. The SMILES string of the molecule is CCC(CC)C(C)(C)[Si](OC)(OC)OC. The van der Waals surface area contributed by atoms with Gasteiger partial charge < -0.3 is 13.3 Å². The van der Waals surface area contributed by atoms with Gasteiger partial charge in [-0.05, 0) is 5.92 Å². The second-order valence-electron chi connectivity index (χ2n) is 4.40. The van der Waals surface area contributed by atoms with Crippen molar-refractivity contribution in [3.63, 3.8) is 0 Å². The van der Waals surface area contributed by atoms with Crippen LogP contribution in [-0.4, -0.2) is 30.1 Å². The lowest BCUT2D eigenvalue weighted by atomic mass is 9.90. The van der Waals surface area contributed by atoms with Gasteiger partial charge in [-0.15, -0.1) is 0 Å². The third-order valence-electron chi connectivity index (χ3n) is 3.60. The molecule has 4 heteroatoms. The lowest BCUT2D eigenvalue weighted by Crippen LogP contribution is -2.54. The van der Waals surface area contributed by atoms with Crippen molar-refractivity contribution in [2.24, 2.45) is 5.92 Å². The van der Waals surface area contributed by atoms with E-state index in [0.29, 0.717) is 5.92 Å². The molecule has 92 valence electrons. The molecular weight excluding hydrogens is 208 g/mol. The van der Waals surface area contributed by atoms with Crippen molar-refractivity contribution in [1.82, 2.24) is 0 Å². The summed E-state index contributed by atoms with van der Waals surface area (Å²) in [4.78, 5) is 0. The highest BCUT2D eigenvalue weighted by Gasteiger charge is 2.56. The van der Waals surface area contributed by atoms with E-state index in [0.717, 1.165) is 12.8 Å². The van der Waals surface area contributed by atoms with E-state index in [1.807, 2.05) is 0 Å². The standard InChI is InChI=1S/C11H26O3Si/c1-8-10(9-2)11(3,4)15(12-5,13-6)14-7/h10H,8-9H2,1-7H3. The van der Waals surface area contributed by atoms with E-state index in [1.165, 1.54) is 0 Å². The van der Waals surface area contributed by atoms with Gasteiger partial charge in [0.1, 0.15) is 0 Å². The van der Waals surface area contributed by atoms with Gasteiger partial charge in [0.15, 0.2) is 0 Å². The second-order valence-corrected chi connectivity index (χ2v) is 8.03. The van der Waals surface area contributed by atoms with Gasteiger partial charge in [-0.2, -0.15) is 0 Å². The molecule has 0 N–H and O–H groups in total. The van der Waals surface area contributed by atoms with E-state index >= 15 is 0 Å². The molecule has 0 saturated carbocycles. The maximum Gasteiger partial charge on any atom is 0.506 e. The minimum absolute atomic E-state index is 0.0469. The third-order valence-corrected chi connectivity index (χ3v) is 7.20. The molecule has 0 aromatic heterocycles. The van der Waals surface area contributed by atoms with Crippen LogP contribution in [0.1, 0.15) is 40.5 Å². The maximum atomic E-state index is 5.58. The maximum absolute atomic E-state index is 5.58. The van der Waals surface area contributed by atoms with E-state index in [2.05, 4.69) is 27.7 Å². The summed E-state index contributed by atoms with van der Waals surface area (Å²) >= 11 is 0. The zero-order valence-corrected chi connectivity index (χ0v) is 12.2. The fraction of sp³-hybridized carbons (Fsp3) is 1.00. The number of hydrogen-bond acceptors (Lipinski definition) is 3. The molecule has 0 fully saturated rings. The lowest BCUT2D eigenvalue weighted by molar-refractivity contribution is 0.0783. The Labute approximate surface area is 95.5 Å². The van der Waals surface area contributed by atoms with Gasteiger partial charge in [0.2, 0.25) is 0 Å². The van der Waals surface area contributed by atoms with Crippen LogP contribution in [0, 0.1) is 5.92 Å². The van der Waals surface area contributed by atoms with Gasteiger partial charge in [-0.3, -0.25) is 0 Å². The number of hydrogen-bond donors (Lipinski definition) is 0. The normalized spacial score (nSPS) is 13.6. The summed E-state index contributed by atoms with van der Waals surface area (Å²) in [5.74, 6) is 0.559. The van der Waals surface area contributed by atoms with Crippen LogP contribution in [0.25, 0.3) is 0 Å². The molecule has 0 atom stereocenters. The van der Waals surface area contributed by atoms with Crippen LogP contribution in [0.3, 0.4) is 0 Å². The summed E-state index contributed by atoms with van der Waals surface area (Å²) in [6.07, 6.45) is 2.24. The molecule has 0 aliphatic heterocycles. The van der Waals surface area contributed by atoms with Gasteiger partial charge >= 0.3 is 8.80 Å². The van der Waals surface area contributed by atoms with E-state index in [4.69, 9.17) is 13.3 Å². The van der Waals surface area contributed by atoms with E-state index in [-0.39, 0.29) is 5.04 Å². The first-order chi connectivity index (χ1) is 6.95. The summed E-state index contributed by atoms with van der Waals surface area (Å²) in [6, 6.07) is 0. The average Bonchev–Trinajstić information content (AvgIpc) is 2.22. The Balaban J connectivity index is 5.08. The second kappa shape index (κ2) is 5.99. The van der Waals surface area contributed by atoms with Crippen LogP contribution in [0.15, 0.2) is 0 Å². The van der Waals surface area contributed by atoms with Gasteiger partial charge in [0.25, 0.3) is 0 Å². The van der Waals surface area contributed by atoms with Crippen LogP contribution in [-0.2, 0) is 13.3 Å². The molecule has 0 aromatic carbocycles. The molecule has 0 radical (unpaired) electrons.